The van der Waals surface area contributed by atoms with Crippen LogP contribution in [0.1, 0.15) is 11.1 Å². The summed E-state index contributed by atoms with van der Waals surface area (Å²) in [6, 6.07) is 3.99. The van der Waals surface area contributed by atoms with E-state index in [0.29, 0.717) is 0 Å². The first-order valence-corrected chi connectivity index (χ1v) is 5.67. The molecule has 78 valence electrons. The number of anilines is 2. The molecular formula is C11H13N3S. The van der Waals surface area contributed by atoms with Gasteiger partial charge >= 0.3 is 0 Å². The van der Waals surface area contributed by atoms with Crippen LogP contribution in [0.3, 0.4) is 0 Å². The third-order valence-electron chi connectivity index (χ3n) is 2.25. The lowest BCUT2D eigenvalue weighted by atomic mass is 10.2. The normalized spacial score (nSPS) is 10.2. The van der Waals surface area contributed by atoms with Gasteiger partial charge in [0, 0.05) is 12.7 Å². The minimum absolute atomic E-state index is 0.729. The molecule has 0 aliphatic rings. The largest absolute Gasteiger partial charge is 0.396 e. The summed E-state index contributed by atoms with van der Waals surface area (Å²) in [5.74, 6) is 0.765. The molecule has 0 amide bonds. The molecule has 0 saturated carbocycles. The highest BCUT2D eigenvalue weighted by Gasteiger charge is 2.02. The highest BCUT2D eigenvalue weighted by molar-refractivity contribution is 7.07. The van der Waals surface area contributed by atoms with E-state index in [1.807, 2.05) is 13.0 Å². The lowest BCUT2D eigenvalue weighted by molar-refractivity contribution is 1.12. The van der Waals surface area contributed by atoms with Crippen LogP contribution in [0.15, 0.2) is 29.1 Å². The van der Waals surface area contributed by atoms with Crippen molar-refractivity contribution < 1.29 is 0 Å². The SMILES string of the molecule is Cc1ccnc(NCc2ccsc2)c1N. The van der Waals surface area contributed by atoms with Crippen molar-refractivity contribution in [3.63, 3.8) is 0 Å². The summed E-state index contributed by atoms with van der Waals surface area (Å²) in [6.45, 7) is 2.75. The van der Waals surface area contributed by atoms with Crippen molar-refractivity contribution in [2.45, 2.75) is 13.5 Å². The molecule has 2 heterocycles. The maximum atomic E-state index is 5.90. The fourth-order valence-corrected chi connectivity index (χ4v) is 1.96. The second-order valence-electron chi connectivity index (χ2n) is 3.38. The first-order chi connectivity index (χ1) is 7.27. The molecule has 15 heavy (non-hydrogen) atoms. The quantitative estimate of drug-likeness (QED) is 0.834. The highest BCUT2D eigenvalue weighted by atomic mass is 32.1. The summed E-state index contributed by atoms with van der Waals surface area (Å²) in [5, 5.41) is 7.40. The fraction of sp³-hybridized carbons (Fsp3) is 0.182. The Kier molecular flexibility index (Phi) is 2.87. The van der Waals surface area contributed by atoms with Gasteiger partial charge in [0.15, 0.2) is 0 Å². The predicted molar refractivity (Wildman–Crippen MR) is 65.0 cm³/mol. The van der Waals surface area contributed by atoms with Crippen LogP contribution < -0.4 is 11.1 Å². The summed E-state index contributed by atoms with van der Waals surface area (Å²) in [7, 11) is 0. The van der Waals surface area contributed by atoms with Gasteiger partial charge in [0.05, 0.1) is 5.69 Å². The van der Waals surface area contributed by atoms with Crippen LogP contribution in [0.25, 0.3) is 0 Å². The molecule has 3 nitrogen and oxygen atoms in total. The molecule has 2 rings (SSSR count). The predicted octanol–water partition coefficient (Wildman–Crippen LogP) is 2.65. The molecule has 2 aromatic heterocycles. The third-order valence-corrected chi connectivity index (χ3v) is 2.98. The van der Waals surface area contributed by atoms with Gasteiger partial charge in [0.1, 0.15) is 5.82 Å². The number of hydrogen-bond acceptors (Lipinski definition) is 4. The minimum Gasteiger partial charge on any atom is -0.396 e. The van der Waals surface area contributed by atoms with Crippen molar-refractivity contribution in [3.8, 4) is 0 Å². The number of thiophene rings is 1. The summed E-state index contributed by atoms with van der Waals surface area (Å²) >= 11 is 1.69. The molecule has 0 spiro atoms. The maximum absolute atomic E-state index is 5.90. The maximum Gasteiger partial charge on any atom is 0.149 e. The smallest absolute Gasteiger partial charge is 0.149 e. The van der Waals surface area contributed by atoms with E-state index < -0.39 is 0 Å². The number of nitrogens with two attached hydrogens (primary N) is 1. The lowest BCUT2D eigenvalue weighted by Crippen LogP contribution is -2.04. The standard InChI is InChI=1S/C11H13N3S/c1-8-2-4-13-11(10(8)12)14-6-9-3-5-15-7-9/h2-5,7H,6,12H2,1H3,(H,13,14). The third kappa shape index (κ3) is 2.27. The van der Waals surface area contributed by atoms with Crippen LogP contribution in [0.5, 0.6) is 0 Å². The zero-order valence-electron chi connectivity index (χ0n) is 8.53. The van der Waals surface area contributed by atoms with Crippen LogP contribution in [-0.2, 0) is 6.54 Å². The number of rotatable bonds is 3. The van der Waals surface area contributed by atoms with Gasteiger partial charge in [-0.25, -0.2) is 4.98 Å². The van der Waals surface area contributed by atoms with E-state index in [4.69, 9.17) is 5.73 Å². The summed E-state index contributed by atoms with van der Waals surface area (Å²) in [6.07, 6.45) is 1.77. The number of nitrogens with zero attached hydrogens (tertiary/aromatic N) is 1. The molecule has 0 aromatic carbocycles. The van der Waals surface area contributed by atoms with Crippen molar-refractivity contribution in [1.82, 2.24) is 4.98 Å². The van der Waals surface area contributed by atoms with E-state index in [0.717, 1.165) is 23.6 Å². The van der Waals surface area contributed by atoms with E-state index in [1.165, 1.54) is 5.56 Å². The first kappa shape index (κ1) is 9.98. The number of aryl methyl sites for hydroxylation is 1. The van der Waals surface area contributed by atoms with E-state index in [9.17, 15) is 0 Å². The summed E-state index contributed by atoms with van der Waals surface area (Å²) in [5.41, 5.74) is 8.94. The lowest BCUT2D eigenvalue weighted by Gasteiger charge is -2.08. The van der Waals surface area contributed by atoms with Gasteiger partial charge in [-0.05, 0) is 40.9 Å². The van der Waals surface area contributed by atoms with E-state index in [-0.39, 0.29) is 0 Å². The molecule has 0 atom stereocenters. The Morgan fingerprint density at radius 2 is 2.33 bits per heavy atom. The Morgan fingerprint density at radius 3 is 3.07 bits per heavy atom. The molecule has 0 aliphatic carbocycles. The molecule has 0 saturated heterocycles. The van der Waals surface area contributed by atoms with Crippen molar-refractivity contribution >= 4 is 22.8 Å². The van der Waals surface area contributed by atoms with Gasteiger partial charge in [0.2, 0.25) is 0 Å². The van der Waals surface area contributed by atoms with Gasteiger partial charge in [0.25, 0.3) is 0 Å². The molecule has 0 unspecified atom stereocenters. The van der Waals surface area contributed by atoms with Gasteiger partial charge < -0.3 is 11.1 Å². The van der Waals surface area contributed by atoms with Crippen LogP contribution in [0.4, 0.5) is 11.5 Å². The Balaban J connectivity index is 2.08. The van der Waals surface area contributed by atoms with Crippen LogP contribution in [0.2, 0.25) is 0 Å². The average molecular weight is 219 g/mol. The van der Waals surface area contributed by atoms with Gasteiger partial charge in [-0.1, -0.05) is 0 Å². The topological polar surface area (TPSA) is 50.9 Å². The first-order valence-electron chi connectivity index (χ1n) is 4.73. The Hall–Kier alpha value is -1.55. The highest BCUT2D eigenvalue weighted by Crippen LogP contribution is 2.19. The summed E-state index contributed by atoms with van der Waals surface area (Å²) < 4.78 is 0. The monoisotopic (exact) mass is 219 g/mol. The second kappa shape index (κ2) is 4.31. The van der Waals surface area contributed by atoms with Crippen LogP contribution in [0, 0.1) is 6.92 Å². The van der Waals surface area contributed by atoms with Gasteiger partial charge in [-0.15, -0.1) is 0 Å². The Bertz CT molecular complexity index is 437. The van der Waals surface area contributed by atoms with Crippen LogP contribution in [-0.4, -0.2) is 4.98 Å². The van der Waals surface area contributed by atoms with E-state index in [2.05, 4.69) is 27.1 Å². The van der Waals surface area contributed by atoms with Gasteiger partial charge in [-0.3, -0.25) is 0 Å². The zero-order chi connectivity index (χ0) is 10.7. The molecule has 0 fully saturated rings. The Morgan fingerprint density at radius 1 is 1.47 bits per heavy atom. The molecule has 2 aromatic rings. The minimum atomic E-state index is 0.729. The fourth-order valence-electron chi connectivity index (χ4n) is 1.29. The van der Waals surface area contributed by atoms with E-state index >= 15 is 0 Å². The molecule has 0 bridgehead atoms. The number of hydrogen-bond donors (Lipinski definition) is 2. The van der Waals surface area contributed by atoms with E-state index in [1.54, 1.807) is 17.5 Å². The summed E-state index contributed by atoms with van der Waals surface area (Å²) in [4.78, 5) is 4.21. The second-order valence-corrected chi connectivity index (χ2v) is 4.16. The molecule has 3 N–H and O–H groups in total. The van der Waals surface area contributed by atoms with Crippen molar-refractivity contribution in [2.75, 3.05) is 11.1 Å². The zero-order valence-corrected chi connectivity index (χ0v) is 9.34. The Labute approximate surface area is 93.0 Å². The molecule has 0 aliphatic heterocycles. The van der Waals surface area contributed by atoms with Crippen molar-refractivity contribution in [1.29, 1.82) is 0 Å². The van der Waals surface area contributed by atoms with Gasteiger partial charge in [-0.2, -0.15) is 11.3 Å². The van der Waals surface area contributed by atoms with Crippen LogP contribution >= 0.6 is 11.3 Å². The number of nitrogen functional groups attached to an aromatic ring is 1. The molecule has 0 radical (unpaired) electrons. The molecule has 4 heteroatoms. The number of nitrogens with one attached hydrogen (secondary N) is 1. The number of aromatic nitrogens is 1. The number of pyridine rings is 1. The average Bonchev–Trinajstić information content (AvgIpc) is 2.73. The van der Waals surface area contributed by atoms with Crippen molar-refractivity contribution in [2.24, 2.45) is 0 Å². The molecular weight excluding hydrogens is 206 g/mol. The van der Waals surface area contributed by atoms with Crippen molar-refractivity contribution in [3.05, 3.63) is 40.2 Å².